The maximum absolute atomic E-state index is 11.4. The van der Waals surface area contributed by atoms with Crippen molar-refractivity contribution >= 4 is 5.91 Å². The van der Waals surface area contributed by atoms with Crippen molar-refractivity contribution in [2.75, 3.05) is 6.54 Å². The molecule has 0 radical (unpaired) electrons. The molecule has 14 heavy (non-hydrogen) atoms. The Hall–Kier alpha value is -0.570. The maximum atomic E-state index is 11.4. The largest absolute Gasteiger partial charge is 0.393 e. The molecule has 2 fully saturated rings. The summed E-state index contributed by atoms with van der Waals surface area (Å²) >= 11 is 0. The number of hydrogen-bond acceptors (Lipinski definition) is 2. The third-order valence-electron chi connectivity index (χ3n) is 3.54. The number of rotatable bonds is 2. The van der Waals surface area contributed by atoms with Gasteiger partial charge >= 0.3 is 0 Å². The fourth-order valence-electron chi connectivity index (χ4n) is 2.75. The van der Waals surface area contributed by atoms with E-state index in [9.17, 15) is 9.90 Å². The van der Waals surface area contributed by atoms with Crippen LogP contribution in [0.1, 0.15) is 38.5 Å². The van der Waals surface area contributed by atoms with Crippen molar-refractivity contribution in [3.63, 3.8) is 0 Å². The standard InChI is InChI=1S/C11H19NO2/c13-10-3-1-2-8(7-10)6-9-4-5-12-11(9)14/h8-10,13H,1-7H2,(H,12,14). The van der Waals surface area contributed by atoms with Gasteiger partial charge in [-0.05, 0) is 31.6 Å². The minimum Gasteiger partial charge on any atom is -0.393 e. The fourth-order valence-corrected chi connectivity index (χ4v) is 2.75. The summed E-state index contributed by atoms with van der Waals surface area (Å²) in [7, 11) is 0. The zero-order valence-electron chi connectivity index (χ0n) is 8.54. The van der Waals surface area contributed by atoms with Crippen LogP contribution in [0.3, 0.4) is 0 Å². The van der Waals surface area contributed by atoms with Gasteiger partial charge in [0.1, 0.15) is 0 Å². The average molecular weight is 197 g/mol. The molecule has 0 spiro atoms. The van der Waals surface area contributed by atoms with Gasteiger partial charge in [-0.3, -0.25) is 4.79 Å². The van der Waals surface area contributed by atoms with Gasteiger partial charge < -0.3 is 10.4 Å². The summed E-state index contributed by atoms with van der Waals surface area (Å²) in [6.07, 6.45) is 6.05. The van der Waals surface area contributed by atoms with Crippen molar-refractivity contribution in [2.45, 2.75) is 44.6 Å². The summed E-state index contributed by atoms with van der Waals surface area (Å²) in [5.41, 5.74) is 0. The number of nitrogens with one attached hydrogen (secondary N) is 1. The Morgan fingerprint density at radius 1 is 1.36 bits per heavy atom. The summed E-state index contributed by atoms with van der Waals surface area (Å²) < 4.78 is 0. The van der Waals surface area contributed by atoms with Gasteiger partial charge in [-0.25, -0.2) is 0 Å². The Morgan fingerprint density at radius 2 is 2.21 bits per heavy atom. The van der Waals surface area contributed by atoms with Gasteiger partial charge in [0, 0.05) is 12.5 Å². The van der Waals surface area contributed by atoms with Crippen LogP contribution in [0.15, 0.2) is 0 Å². The van der Waals surface area contributed by atoms with Gasteiger partial charge in [0.05, 0.1) is 6.10 Å². The number of hydrogen-bond donors (Lipinski definition) is 2. The van der Waals surface area contributed by atoms with E-state index in [2.05, 4.69) is 5.32 Å². The minimum atomic E-state index is -0.113. The molecule has 80 valence electrons. The van der Waals surface area contributed by atoms with Crippen LogP contribution in [0.25, 0.3) is 0 Å². The van der Waals surface area contributed by atoms with E-state index >= 15 is 0 Å². The Balaban J connectivity index is 1.81. The van der Waals surface area contributed by atoms with E-state index in [1.165, 1.54) is 6.42 Å². The zero-order valence-corrected chi connectivity index (χ0v) is 8.54. The van der Waals surface area contributed by atoms with Gasteiger partial charge in [-0.2, -0.15) is 0 Å². The van der Waals surface area contributed by atoms with Gasteiger partial charge in [0.25, 0.3) is 0 Å². The lowest BCUT2D eigenvalue weighted by molar-refractivity contribution is -0.123. The molecule has 1 aliphatic carbocycles. The number of carbonyl (C=O) groups excluding carboxylic acids is 1. The van der Waals surface area contributed by atoms with Crippen LogP contribution in [0.2, 0.25) is 0 Å². The molecule has 3 nitrogen and oxygen atoms in total. The molecule has 2 rings (SSSR count). The third kappa shape index (κ3) is 2.27. The molecular formula is C11H19NO2. The molecule has 3 atom stereocenters. The van der Waals surface area contributed by atoms with Crippen molar-refractivity contribution in [2.24, 2.45) is 11.8 Å². The Morgan fingerprint density at radius 3 is 2.86 bits per heavy atom. The van der Waals surface area contributed by atoms with Gasteiger partial charge in [-0.1, -0.05) is 12.8 Å². The molecule has 0 bridgehead atoms. The predicted octanol–water partition coefficient (Wildman–Crippen LogP) is 1.06. The first-order chi connectivity index (χ1) is 6.75. The number of aliphatic hydroxyl groups is 1. The quantitative estimate of drug-likeness (QED) is 0.695. The second-order valence-electron chi connectivity index (χ2n) is 4.70. The number of amides is 1. The van der Waals surface area contributed by atoms with Crippen molar-refractivity contribution in [3.05, 3.63) is 0 Å². The third-order valence-corrected chi connectivity index (χ3v) is 3.54. The van der Waals surface area contributed by atoms with Crippen LogP contribution in [-0.4, -0.2) is 23.7 Å². The number of aliphatic hydroxyl groups excluding tert-OH is 1. The van der Waals surface area contributed by atoms with Gasteiger partial charge in [0.2, 0.25) is 5.91 Å². The highest BCUT2D eigenvalue weighted by molar-refractivity contribution is 5.80. The smallest absolute Gasteiger partial charge is 0.223 e. The molecule has 3 heteroatoms. The van der Waals surface area contributed by atoms with Crippen LogP contribution >= 0.6 is 0 Å². The highest BCUT2D eigenvalue weighted by Gasteiger charge is 2.29. The van der Waals surface area contributed by atoms with Crippen LogP contribution in [0.5, 0.6) is 0 Å². The van der Waals surface area contributed by atoms with Crippen molar-refractivity contribution in [1.29, 1.82) is 0 Å². The molecule has 1 amide bonds. The van der Waals surface area contributed by atoms with Crippen LogP contribution in [0, 0.1) is 11.8 Å². The van der Waals surface area contributed by atoms with E-state index in [0.29, 0.717) is 5.92 Å². The number of carbonyl (C=O) groups is 1. The van der Waals surface area contributed by atoms with E-state index in [-0.39, 0.29) is 17.9 Å². The molecule has 0 aromatic heterocycles. The SMILES string of the molecule is O=C1NCCC1CC1CCCC(O)C1. The lowest BCUT2D eigenvalue weighted by atomic mass is 9.81. The van der Waals surface area contributed by atoms with Crippen molar-refractivity contribution in [1.82, 2.24) is 5.32 Å². The zero-order chi connectivity index (χ0) is 9.97. The summed E-state index contributed by atoms with van der Waals surface area (Å²) in [6.45, 7) is 0.846. The Labute approximate surface area is 84.9 Å². The highest BCUT2D eigenvalue weighted by Crippen LogP contribution is 2.31. The van der Waals surface area contributed by atoms with E-state index < -0.39 is 0 Å². The molecule has 3 unspecified atom stereocenters. The van der Waals surface area contributed by atoms with Crippen molar-refractivity contribution < 1.29 is 9.90 Å². The average Bonchev–Trinajstić information content (AvgIpc) is 2.52. The Kier molecular flexibility index (Phi) is 3.06. The molecule has 0 aromatic carbocycles. The molecule has 0 aromatic rings. The summed E-state index contributed by atoms with van der Waals surface area (Å²) in [5.74, 6) is 1.03. The van der Waals surface area contributed by atoms with Crippen LogP contribution in [0.4, 0.5) is 0 Å². The maximum Gasteiger partial charge on any atom is 0.223 e. The second kappa shape index (κ2) is 4.30. The highest BCUT2D eigenvalue weighted by atomic mass is 16.3. The van der Waals surface area contributed by atoms with Crippen molar-refractivity contribution in [3.8, 4) is 0 Å². The van der Waals surface area contributed by atoms with Crippen LogP contribution in [-0.2, 0) is 4.79 Å². The molecular weight excluding hydrogens is 178 g/mol. The van der Waals surface area contributed by atoms with Gasteiger partial charge in [-0.15, -0.1) is 0 Å². The molecule has 2 N–H and O–H groups in total. The Bertz CT molecular complexity index is 217. The molecule has 1 heterocycles. The minimum absolute atomic E-state index is 0.113. The van der Waals surface area contributed by atoms with E-state index in [4.69, 9.17) is 0 Å². The van der Waals surface area contributed by atoms with E-state index in [1.54, 1.807) is 0 Å². The summed E-state index contributed by atoms with van der Waals surface area (Å²) in [4.78, 5) is 11.4. The second-order valence-corrected chi connectivity index (χ2v) is 4.70. The first-order valence-corrected chi connectivity index (χ1v) is 5.71. The first kappa shape index (κ1) is 9.97. The van der Waals surface area contributed by atoms with Gasteiger partial charge in [0.15, 0.2) is 0 Å². The van der Waals surface area contributed by atoms with E-state index in [1.807, 2.05) is 0 Å². The molecule has 1 aliphatic heterocycles. The molecule has 2 aliphatic rings. The van der Waals surface area contributed by atoms with E-state index in [0.717, 1.165) is 38.6 Å². The van der Waals surface area contributed by atoms with Crippen LogP contribution < -0.4 is 5.32 Å². The monoisotopic (exact) mass is 197 g/mol. The summed E-state index contributed by atoms with van der Waals surface area (Å²) in [6, 6.07) is 0. The fraction of sp³-hybridized carbons (Fsp3) is 0.909. The lowest BCUT2D eigenvalue weighted by Crippen LogP contribution is -2.25. The molecule has 1 saturated heterocycles. The predicted molar refractivity (Wildman–Crippen MR) is 53.7 cm³/mol. The first-order valence-electron chi connectivity index (χ1n) is 5.71. The summed E-state index contributed by atoms with van der Waals surface area (Å²) in [5, 5.41) is 12.4. The lowest BCUT2D eigenvalue weighted by Gasteiger charge is -2.27. The molecule has 1 saturated carbocycles. The topological polar surface area (TPSA) is 49.3 Å². The normalized spacial score (nSPS) is 38.4.